The summed E-state index contributed by atoms with van der Waals surface area (Å²) in [6.45, 7) is 12.6. The van der Waals surface area contributed by atoms with Gasteiger partial charge in [0.1, 0.15) is 5.75 Å². The van der Waals surface area contributed by atoms with Gasteiger partial charge in [-0.1, -0.05) is 50.0 Å². The number of fused-ring (bicyclic) bond motifs is 1. The zero-order chi connectivity index (χ0) is 28.8. The van der Waals surface area contributed by atoms with Crippen molar-refractivity contribution in [3.8, 4) is 5.75 Å². The highest BCUT2D eigenvalue weighted by atomic mass is 35.5. The van der Waals surface area contributed by atoms with E-state index in [2.05, 4.69) is 15.6 Å². The highest BCUT2D eigenvalue weighted by molar-refractivity contribution is 6.38. The highest BCUT2D eigenvalue weighted by Gasteiger charge is 2.22. The number of pyridine rings is 1. The molecule has 0 spiro atoms. The van der Waals surface area contributed by atoms with E-state index in [-0.39, 0.29) is 28.9 Å². The average Bonchev–Trinajstić information content (AvgIpc) is 2.84. The number of nitrogen functional groups attached to an aromatic ring is 1. The lowest BCUT2D eigenvalue weighted by Crippen LogP contribution is -2.39. The molecule has 0 bridgehead atoms. The molecular formula is C28H40Cl2N4O4. The number of β-amino-alcohol motifs (C(OH)–C–C–N with tert-alkyl or cyclic N) is 1. The van der Waals surface area contributed by atoms with Gasteiger partial charge in [0.15, 0.2) is 0 Å². The standard InChI is InChI=1S/C16H22N2O3.C12H18Cl2N2O/c1-4-12(17-9(2)3)16(21)11-5-7-13(19)15-10(11)6-8-14(20)18-15;1-12(2,3)16-6-10(17)7-4-8(13)11(15)9(14)5-7/h5-9,12,16-17,19,21H,4H2,1-3H3,(H,18,20);4-5,10,16-17H,6,15H2,1-3H3. The second kappa shape index (κ2) is 13.6. The number of aromatic amines is 1. The number of phenolic OH excluding ortho intramolecular Hbond substituents is 1. The van der Waals surface area contributed by atoms with Gasteiger partial charge < -0.3 is 36.7 Å². The number of anilines is 1. The van der Waals surface area contributed by atoms with Gasteiger partial charge >= 0.3 is 0 Å². The molecule has 3 atom stereocenters. The molecule has 0 fully saturated rings. The van der Waals surface area contributed by atoms with Gasteiger partial charge in [-0.2, -0.15) is 0 Å². The number of nitrogens with two attached hydrogens (primary N) is 1. The Morgan fingerprint density at radius 1 is 1.05 bits per heavy atom. The van der Waals surface area contributed by atoms with Crippen molar-refractivity contribution in [3.63, 3.8) is 0 Å². The summed E-state index contributed by atoms with van der Waals surface area (Å²) in [7, 11) is 0. The second-order valence-corrected chi connectivity index (χ2v) is 11.4. The Morgan fingerprint density at radius 3 is 2.18 bits per heavy atom. The number of aromatic hydroxyl groups is 1. The molecule has 8 nitrogen and oxygen atoms in total. The summed E-state index contributed by atoms with van der Waals surface area (Å²) in [5.41, 5.74) is 7.35. The molecule has 10 heteroatoms. The molecule has 0 amide bonds. The zero-order valence-corrected chi connectivity index (χ0v) is 24.3. The molecule has 0 aliphatic rings. The first-order chi connectivity index (χ1) is 17.6. The van der Waals surface area contributed by atoms with E-state index < -0.39 is 12.2 Å². The summed E-state index contributed by atoms with van der Waals surface area (Å²) >= 11 is 11.8. The maximum Gasteiger partial charge on any atom is 0.248 e. The van der Waals surface area contributed by atoms with E-state index in [0.29, 0.717) is 44.3 Å². The summed E-state index contributed by atoms with van der Waals surface area (Å²) in [5.74, 6) is 0.00326. The number of halogens is 2. The van der Waals surface area contributed by atoms with E-state index in [4.69, 9.17) is 28.9 Å². The molecule has 3 aromatic rings. The number of aromatic nitrogens is 1. The van der Waals surface area contributed by atoms with Crippen LogP contribution in [0, 0.1) is 0 Å². The van der Waals surface area contributed by atoms with Crippen LogP contribution in [0.4, 0.5) is 5.69 Å². The van der Waals surface area contributed by atoms with Crippen LogP contribution in [0.2, 0.25) is 10.0 Å². The molecule has 3 unspecified atom stereocenters. The van der Waals surface area contributed by atoms with Crippen LogP contribution in [0.5, 0.6) is 5.75 Å². The Bertz CT molecular complexity index is 1250. The van der Waals surface area contributed by atoms with E-state index in [1.165, 1.54) is 12.1 Å². The van der Waals surface area contributed by atoms with E-state index in [1.807, 2.05) is 41.5 Å². The molecule has 0 aliphatic carbocycles. The van der Waals surface area contributed by atoms with Crippen LogP contribution in [0.25, 0.3) is 10.9 Å². The molecule has 3 rings (SSSR count). The SMILES string of the molecule is CC(C)(C)NCC(O)c1cc(Cl)c(N)c(Cl)c1.CCC(NC(C)C)C(O)c1ccc(O)c2[nH]c(=O)ccc12. The molecule has 0 saturated heterocycles. The Hall–Kier alpha value is -2.33. The van der Waals surface area contributed by atoms with Crippen LogP contribution in [-0.4, -0.2) is 44.5 Å². The Balaban J connectivity index is 0.000000273. The lowest BCUT2D eigenvalue weighted by atomic mass is 9.95. The van der Waals surface area contributed by atoms with Gasteiger partial charge in [0.25, 0.3) is 0 Å². The predicted octanol–water partition coefficient (Wildman–Crippen LogP) is 5.04. The number of aliphatic hydroxyl groups is 2. The fourth-order valence-electron chi connectivity index (χ4n) is 3.91. The number of aliphatic hydroxyl groups excluding tert-OH is 2. The van der Waals surface area contributed by atoms with Crippen LogP contribution in [0.3, 0.4) is 0 Å². The molecule has 1 heterocycles. The molecule has 1 aromatic heterocycles. The van der Waals surface area contributed by atoms with Crippen LogP contribution < -0.4 is 21.9 Å². The molecule has 0 radical (unpaired) electrons. The fraction of sp³-hybridized carbons (Fsp3) is 0.464. The minimum Gasteiger partial charge on any atom is -0.506 e. The maximum absolute atomic E-state index is 11.4. The lowest BCUT2D eigenvalue weighted by molar-refractivity contribution is 0.123. The number of hydrogen-bond donors (Lipinski definition) is 7. The lowest BCUT2D eigenvalue weighted by Gasteiger charge is -2.26. The number of rotatable bonds is 8. The van der Waals surface area contributed by atoms with Crippen molar-refractivity contribution in [2.24, 2.45) is 0 Å². The van der Waals surface area contributed by atoms with Gasteiger partial charge in [-0.25, -0.2) is 0 Å². The summed E-state index contributed by atoms with van der Waals surface area (Å²) in [6.07, 6.45) is -0.610. The molecule has 210 valence electrons. The average molecular weight is 568 g/mol. The number of hydrogen-bond acceptors (Lipinski definition) is 7. The normalized spacial score (nSPS) is 14.2. The van der Waals surface area contributed by atoms with Crippen molar-refractivity contribution in [3.05, 3.63) is 67.9 Å². The first-order valence-corrected chi connectivity index (χ1v) is 13.4. The van der Waals surface area contributed by atoms with Gasteiger partial charge in [0.05, 0.1) is 33.5 Å². The first kappa shape index (κ1) is 31.9. The number of benzene rings is 2. The molecular weight excluding hydrogens is 527 g/mol. The summed E-state index contributed by atoms with van der Waals surface area (Å²) in [6, 6.07) is 9.67. The van der Waals surface area contributed by atoms with Crippen molar-refractivity contribution in [2.75, 3.05) is 12.3 Å². The molecule has 8 N–H and O–H groups in total. The van der Waals surface area contributed by atoms with E-state index in [1.54, 1.807) is 24.3 Å². The maximum atomic E-state index is 11.4. The third-order valence-electron chi connectivity index (χ3n) is 5.91. The molecule has 0 saturated carbocycles. The number of H-pyrrole nitrogens is 1. The largest absolute Gasteiger partial charge is 0.506 e. The van der Waals surface area contributed by atoms with Gasteiger partial charge in [0.2, 0.25) is 5.56 Å². The Kier molecular flexibility index (Phi) is 11.4. The second-order valence-electron chi connectivity index (χ2n) is 10.6. The van der Waals surface area contributed by atoms with E-state index >= 15 is 0 Å². The highest BCUT2D eigenvalue weighted by Crippen LogP contribution is 2.32. The van der Waals surface area contributed by atoms with Crippen molar-refractivity contribution in [1.82, 2.24) is 15.6 Å². The predicted molar refractivity (Wildman–Crippen MR) is 157 cm³/mol. The third-order valence-corrected chi connectivity index (χ3v) is 6.53. The monoisotopic (exact) mass is 566 g/mol. The van der Waals surface area contributed by atoms with Crippen LogP contribution in [0.1, 0.15) is 71.3 Å². The summed E-state index contributed by atoms with van der Waals surface area (Å²) in [4.78, 5) is 14.0. The van der Waals surface area contributed by atoms with Crippen molar-refractivity contribution < 1.29 is 15.3 Å². The Morgan fingerprint density at radius 2 is 1.66 bits per heavy atom. The van der Waals surface area contributed by atoms with Gasteiger partial charge in [-0.15, -0.1) is 0 Å². The summed E-state index contributed by atoms with van der Waals surface area (Å²) in [5, 5.41) is 38.5. The van der Waals surface area contributed by atoms with E-state index in [0.717, 1.165) is 6.42 Å². The van der Waals surface area contributed by atoms with Crippen LogP contribution in [-0.2, 0) is 0 Å². The molecule has 0 aliphatic heterocycles. The van der Waals surface area contributed by atoms with Gasteiger partial charge in [-0.05, 0) is 62.6 Å². The van der Waals surface area contributed by atoms with E-state index in [9.17, 15) is 20.1 Å². The van der Waals surface area contributed by atoms with Crippen LogP contribution in [0.15, 0.2) is 41.2 Å². The number of nitrogens with one attached hydrogen (secondary N) is 3. The zero-order valence-electron chi connectivity index (χ0n) is 22.8. The summed E-state index contributed by atoms with van der Waals surface area (Å²) < 4.78 is 0. The quantitative estimate of drug-likeness (QED) is 0.189. The van der Waals surface area contributed by atoms with Crippen molar-refractivity contribution in [2.45, 2.75) is 77.8 Å². The smallest absolute Gasteiger partial charge is 0.248 e. The van der Waals surface area contributed by atoms with Gasteiger partial charge in [-0.3, -0.25) is 4.79 Å². The minimum absolute atomic E-state index is 0.00326. The number of phenols is 1. The molecule has 38 heavy (non-hydrogen) atoms. The first-order valence-electron chi connectivity index (χ1n) is 12.6. The fourth-order valence-corrected chi connectivity index (χ4v) is 4.41. The van der Waals surface area contributed by atoms with Crippen LogP contribution >= 0.6 is 23.2 Å². The van der Waals surface area contributed by atoms with Crippen molar-refractivity contribution in [1.29, 1.82) is 0 Å². The topological polar surface area (TPSA) is 144 Å². The third kappa shape index (κ3) is 8.86. The van der Waals surface area contributed by atoms with Gasteiger partial charge in [0, 0.05) is 35.6 Å². The Labute approximate surface area is 234 Å². The minimum atomic E-state index is -0.716. The van der Waals surface area contributed by atoms with Crippen molar-refractivity contribution >= 4 is 39.8 Å². The molecule has 2 aromatic carbocycles.